The van der Waals surface area contributed by atoms with Crippen molar-refractivity contribution in [2.24, 2.45) is 0 Å². The Labute approximate surface area is 128 Å². The Morgan fingerprint density at radius 2 is 1.90 bits per heavy atom. The SMILES string of the molecule is O=C(O)c1cccc(OCc2ccc(Br)cc2)c1[N+](=O)[O-]. The van der Waals surface area contributed by atoms with Gasteiger partial charge in [-0.05, 0) is 29.8 Å². The Kier molecular flexibility index (Phi) is 4.54. The molecule has 1 N–H and O–H groups in total. The predicted octanol–water partition coefficient (Wildman–Crippen LogP) is 3.63. The maximum atomic E-state index is 11.1. The Bertz CT molecular complexity index is 684. The van der Waals surface area contributed by atoms with Gasteiger partial charge >= 0.3 is 11.7 Å². The smallest absolute Gasteiger partial charge is 0.342 e. The third kappa shape index (κ3) is 3.57. The highest BCUT2D eigenvalue weighted by Crippen LogP contribution is 2.31. The molecule has 21 heavy (non-hydrogen) atoms. The van der Waals surface area contributed by atoms with Crippen LogP contribution in [0.3, 0.4) is 0 Å². The molecule has 0 aliphatic heterocycles. The summed E-state index contributed by atoms with van der Waals surface area (Å²) in [4.78, 5) is 21.3. The number of carboxylic acids is 1. The zero-order chi connectivity index (χ0) is 15.4. The van der Waals surface area contributed by atoms with Crippen molar-refractivity contribution < 1.29 is 19.6 Å². The first-order chi connectivity index (χ1) is 9.99. The third-order valence-corrected chi connectivity index (χ3v) is 3.25. The van der Waals surface area contributed by atoms with Crippen LogP contribution in [0.25, 0.3) is 0 Å². The van der Waals surface area contributed by atoms with Crippen LogP contribution in [0.2, 0.25) is 0 Å². The molecule has 0 aliphatic rings. The fraction of sp³-hybridized carbons (Fsp3) is 0.0714. The molecular formula is C14H10BrNO5. The number of rotatable bonds is 5. The first kappa shape index (κ1) is 15.0. The average Bonchev–Trinajstić information content (AvgIpc) is 2.46. The first-order valence-corrected chi connectivity index (χ1v) is 6.66. The first-order valence-electron chi connectivity index (χ1n) is 5.87. The van der Waals surface area contributed by atoms with E-state index in [0.717, 1.165) is 10.0 Å². The summed E-state index contributed by atoms with van der Waals surface area (Å²) in [6.07, 6.45) is 0. The highest BCUT2D eigenvalue weighted by atomic mass is 79.9. The van der Waals surface area contributed by atoms with Crippen molar-refractivity contribution in [3.05, 3.63) is 68.2 Å². The fourth-order valence-corrected chi connectivity index (χ4v) is 2.01. The monoisotopic (exact) mass is 351 g/mol. The molecule has 0 saturated heterocycles. The van der Waals surface area contributed by atoms with Crippen molar-refractivity contribution >= 4 is 27.6 Å². The Hall–Kier alpha value is -2.41. The number of nitrogens with zero attached hydrogens (tertiary/aromatic N) is 1. The number of aromatic carboxylic acids is 1. The van der Waals surface area contributed by atoms with Crippen molar-refractivity contribution in [1.82, 2.24) is 0 Å². The Balaban J connectivity index is 2.27. The number of hydrogen-bond donors (Lipinski definition) is 1. The standard InChI is InChI=1S/C14H10BrNO5/c15-10-6-4-9(5-7-10)8-21-12-3-1-2-11(14(17)18)13(12)16(19)20/h1-7H,8H2,(H,17,18). The van der Waals surface area contributed by atoms with Crippen molar-refractivity contribution in [3.8, 4) is 5.75 Å². The van der Waals surface area contributed by atoms with Crippen molar-refractivity contribution in [1.29, 1.82) is 0 Å². The molecule has 2 aromatic carbocycles. The van der Waals surface area contributed by atoms with Gasteiger partial charge in [-0.25, -0.2) is 4.79 Å². The number of nitro benzene ring substituents is 1. The van der Waals surface area contributed by atoms with Gasteiger partial charge in [0.25, 0.3) is 0 Å². The van der Waals surface area contributed by atoms with Gasteiger partial charge in [-0.1, -0.05) is 34.1 Å². The van der Waals surface area contributed by atoms with Gasteiger partial charge in [-0.3, -0.25) is 10.1 Å². The van der Waals surface area contributed by atoms with Gasteiger partial charge in [0.1, 0.15) is 12.2 Å². The number of carboxylic acid groups (broad SMARTS) is 1. The number of hydrogen-bond acceptors (Lipinski definition) is 4. The van der Waals surface area contributed by atoms with E-state index in [9.17, 15) is 14.9 Å². The van der Waals surface area contributed by atoms with E-state index in [1.807, 2.05) is 12.1 Å². The number of para-hydroxylation sites is 1. The fourth-order valence-electron chi connectivity index (χ4n) is 1.74. The third-order valence-electron chi connectivity index (χ3n) is 2.72. The molecule has 2 rings (SSSR count). The molecule has 0 radical (unpaired) electrons. The van der Waals surface area contributed by atoms with Crippen LogP contribution in [0.15, 0.2) is 46.9 Å². The van der Waals surface area contributed by atoms with Crippen molar-refractivity contribution in [2.45, 2.75) is 6.61 Å². The van der Waals surface area contributed by atoms with E-state index in [2.05, 4.69) is 15.9 Å². The molecule has 0 heterocycles. The zero-order valence-electron chi connectivity index (χ0n) is 10.7. The molecule has 0 saturated carbocycles. The van der Waals surface area contributed by atoms with E-state index in [1.54, 1.807) is 12.1 Å². The summed E-state index contributed by atoms with van der Waals surface area (Å²) < 4.78 is 6.30. The lowest BCUT2D eigenvalue weighted by Gasteiger charge is -2.08. The van der Waals surface area contributed by atoms with Crippen molar-refractivity contribution in [2.75, 3.05) is 0 Å². The van der Waals surface area contributed by atoms with Gasteiger partial charge in [-0.2, -0.15) is 0 Å². The van der Waals surface area contributed by atoms with E-state index in [0.29, 0.717) is 0 Å². The van der Waals surface area contributed by atoms with E-state index in [1.165, 1.54) is 18.2 Å². The molecule has 0 bridgehead atoms. The van der Waals surface area contributed by atoms with E-state index < -0.39 is 22.1 Å². The summed E-state index contributed by atoms with van der Waals surface area (Å²) in [5.41, 5.74) is -0.122. The molecule has 0 aromatic heterocycles. The second-order valence-corrected chi connectivity index (χ2v) is 5.05. The van der Waals surface area contributed by atoms with Crippen LogP contribution >= 0.6 is 15.9 Å². The molecule has 0 atom stereocenters. The minimum absolute atomic E-state index is 0.0668. The maximum Gasteiger partial charge on any atom is 0.342 e. The van der Waals surface area contributed by atoms with Gasteiger partial charge in [0.15, 0.2) is 5.75 Å². The number of benzene rings is 2. The van der Waals surface area contributed by atoms with Crippen LogP contribution < -0.4 is 4.74 Å². The lowest BCUT2D eigenvalue weighted by atomic mass is 10.1. The van der Waals surface area contributed by atoms with Crippen LogP contribution in [0.1, 0.15) is 15.9 Å². The lowest BCUT2D eigenvalue weighted by Crippen LogP contribution is -2.05. The Morgan fingerprint density at radius 1 is 1.24 bits per heavy atom. The highest BCUT2D eigenvalue weighted by molar-refractivity contribution is 9.10. The summed E-state index contributed by atoms with van der Waals surface area (Å²) >= 11 is 3.30. The lowest BCUT2D eigenvalue weighted by molar-refractivity contribution is -0.386. The van der Waals surface area contributed by atoms with Crippen molar-refractivity contribution in [3.63, 3.8) is 0 Å². The van der Waals surface area contributed by atoms with E-state index >= 15 is 0 Å². The highest BCUT2D eigenvalue weighted by Gasteiger charge is 2.25. The van der Waals surface area contributed by atoms with Gasteiger partial charge in [0.05, 0.1) is 4.92 Å². The van der Waals surface area contributed by atoms with Crippen LogP contribution in [0, 0.1) is 10.1 Å². The topological polar surface area (TPSA) is 89.7 Å². The number of nitro groups is 1. The molecule has 0 unspecified atom stereocenters. The summed E-state index contributed by atoms with van der Waals surface area (Å²) in [6, 6.07) is 11.2. The molecule has 0 spiro atoms. The van der Waals surface area contributed by atoms with Gasteiger partial charge in [-0.15, -0.1) is 0 Å². The number of ether oxygens (including phenoxy) is 1. The van der Waals surface area contributed by atoms with Gasteiger partial charge in [0.2, 0.25) is 0 Å². The van der Waals surface area contributed by atoms with E-state index in [-0.39, 0.29) is 12.4 Å². The largest absolute Gasteiger partial charge is 0.482 e. The number of halogens is 1. The molecular weight excluding hydrogens is 342 g/mol. The Morgan fingerprint density at radius 3 is 2.48 bits per heavy atom. The number of carbonyl (C=O) groups is 1. The minimum atomic E-state index is -1.37. The molecule has 2 aromatic rings. The average molecular weight is 352 g/mol. The zero-order valence-corrected chi connectivity index (χ0v) is 12.2. The van der Waals surface area contributed by atoms with Crippen LogP contribution in [-0.4, -0.2) is 16.0 Å². The van der Waals surface area contributed by atoms with E-state index in [4.69, 9.17) is 9.84 Å². The second-order valence-electron chi connectivity index (χ2n) is 4.13. The van der Waals surface area contributed by atoms with Gasteiger partial charge in [0, 0.05) is 4.47 Å². The van der Waals surface area contributed by atoms with Crippen LogP contribution in [0.5, 0.6) is 5.75 Å². The molecule has 0 fully saturated rings. The summed E-state index contributed by atoms with van der Waals surface area (Å²) in [7, 11) is 0. The molecule has 0 aliphatic carbocycles. The summed E-state index contributed by atoms with van der Waals surface area (Å²) in [6.45, 7) is 0.108. The minimum Gasteiger partial charge on any atom is -0.482 e. The molecule has 0 amide bonds. The summed E-state index contributed by atoms with van der Waals surface area (Å²) in [5, 5.41) is 20.0. The predicted molar refractivity (Wildman–Crippen MR) is 78.5 cm³/mol. The van der Waals surface area contributed by atoms with Gasteiger partial charge < -0.3 is 9.84 Å². The molecule has 7 heteroatoms. The van der Waals surface area contributed by atoms with Crippen LogP contribution in [0.4, 0.5) is 5.69 Å². The normalized spacial score (nSPS) is 10.1. The second kappa shape index (κ2) is 6.36. The molecule has 108 valence electrons. The quantitative estimate of drug-likeness (QED) is 0.656. The maximum absolute atomic E-state index is 11.1. The molecule has 6 nitrogen and oxygen atoms in total. The summed E-state index contributed by atoms with van der Waals surface area (Å²) in [5.74, 6) is -1.43. The van der Waals surface area contributed by atoms with Crippen LogP contribution in [-0.2, 0) is 6.61 Å².